The zero-order valence-corrected chi connectivity index (χ0v) is 18.5. The molecule has 0 radical (unpaired) electrons. The first-order valence-corrected chi connectivity index (χ1v) is 12.2. The standard InChI is InChI=1S/C27H30N4O/c32-25(21-11-1-3-13-23(21)26-28-17-19-9-5-7-15-30(19)26)22-12-2-4-14-24(22)27-29-18-20-10-6-8-16-31(20)27/h1-4,11-14,19-20H,5-10,15-18H2. The summed E-state index contributed by atoms with van der Waals surface area (Å²) in [5.41, 5.74) is 3.44. The van der Waals surface area contributed by atoms with E-state index < -0.39 is 0 Å². The number of piperidine rings is 2. The second-order valence-electron chi connectivity index (χ2n) is 9.43. The Kier molecular flexibility index (Phi) is 5.05. The SMILES string of the molecule is O=C(c1ccccc1C1=NCC2CCCCN12)c1ccccc1C1=NCC2CCCCN12. The minimum Gasteiger partial charge on any atom is -0.352 e. The van der Waals surface area contributed by atoms with E-state index >= 15 is 0 Å². The number of nitrogens with zero attached hydrogens (tertiary/aromatic N) is 4. The van der Waals surface area contributed by atoms with E-state index in [-0.39, 0.29) is 5.78 Å². The zero-order valence-electron chi connectivity index (χ0n) is 18.5. The van der Waals surface area contributed by atoms with E-state index in [1.807, 2.05) is 36.4 Å². The molecule has 5 heteroatoms. The average molecular weight is 427 g/mol. The molecule has 2 unspecified atom stereocenters. The predicted octanol–water partition coefficient (Wildman–Crippen LogP) is 4.15. The van der Waals surface area contributed by atoms with Crippen molar-refractivity contribution in [3.05, 3.63) is 70.8 Å². The molecular weight excluding hydrogens is 396 g/mol. The molecule has 2 fully saturated rings. The number of rotatable bonds is 4. The molecule has 6 rings (SSSR count). The highest BCUT2D eigenvalue weighted by Crippen LogP contribution is 2.30. The average Bonchev–Trinajstić information content (AvgIpc) is 3.48. The Morgan fingerprint density at radius 1 is 0.688 bits per heavy atom. The van der Waals surface area contributed by atoms with Gasteiger partial charge in [-0.05, 0) is 38.5 Å². The van der Waals surface area contributed by atoms with Gasteiger partial charge in [0.05, 0.1) is 25.2 Å². The fourth-order valence-corrected chi connectivity index (χ4v) is 5.88. The smallest absolute Gasteiger partial charge is 0.194 e. The van der Waals surface area contributed by atoms with Gasteiger partial charge >= 0.3 is 0 Å². The van der Waals surface area contributed by atoms with Gasteiger partial charge in [0, 0.05) is 35.3 Å². The zero-order chi connectivity index (χ0) is 21.5. The Labute approximate surface area is 189 Å². The lowest BCUT2D eigenvalue weighted by Gasteiger charge is -2.33. The molecule has 0 bridgehead atoms. The van der Waals surface area contributed by atoms with Crippen LogP contribution in [0, 0.1) is 0 Å². The lowest BCUT2D eigenvalue weighted by molar-refractivity contribution is 0.103. The van der Waals surface area contributed by atoms with Crippen molar-refractivity contribution in [3.8, 4) is 0 Å². The predicted molar refractivity (Wildman–Crippen MR) is 128 cm³/mol. The van der Waals surface area contributed by atoms with E-state index in [4.69, 9.17) is 9.98 Å². The van der Waals surface area contributed by atoms with Crippen molar-refractivity contribution in [3.63, 3.8) is 0 Å². The number of carbonyl (C=O) groups excluding carboxylic acids is 1. The maximum Gasteiger partial charge on any atom is 0.194 e. The third-order valence-electron chi connectivity index (χ3n) is 7.53. The molecule has 4 aliphatic rings. The Bertz CT molecular complexity index is 1020. The molecule has 4 heterocycles. The number of ketones is 1. The molecule has 0 aromatic heterocycles. The van der Waals surface area contributed by atoms with Gasteiger partial charge in [0.1, 0.15) is 11.7 Å². The molecule has 0 saturated carbocycles. The third-order valence-corrected chi connectivity index (χ3v) is 7.53. The first-order chi connectivity index (χ1) is 15.8. The molecule has 2 aromatic carbocycles. The van der Waals surface area contributed by atoms with Crippen LogP contribution in [0.25, 0.3) is 0 Å². The molecule has 2 saturated heterocycles. The summed E-state index contributed by atoms with van der Waals surface area (Å²) in [6.45, 7) is 3.77. The minimum atomic E-state index is 0.0718. The summed E-state index contributed by atoms with van der Waals surface area (Å²) in [5.74, 6) is 2.08. The van der Waals surface area contributed by atoms with Crippen molar-refractivity contribution in [1.29, 1.82) is 0 Å². The second kappa shape index (κ2) is 8.19. The molecule has 0 spiro atoms. The first-order valence-electron chi connectivity index (χ1n) is 12.2. The highest BCUT2D eigenvalue weighted by atomic mass is 16.1. The summed E-state index contributed by atoms with van der Waals surface area (Å²) in [7, 11) is 0. The van der Waals surface area contributed by atoms with Crippen molar-refractivity contribution in [1.82, 2.24) is 9.80 Å². The summed E-state index contributed by atoms with van der Waals surface area (Å²) in [6.07, 6.45) is 7.34. The van der Waals surface area contributed by atoms with Crippen molar-refractivity contribution in [2.24, 2.45) is 9.98 Å². The van der Waals surface area contributed by atoms with Crippen LogP contribution in [0.1, 0.15) is 65.6 Å². The van der Waals surface area contributed by atoms with E-state index in [9.17, 15) is 4.79 Å². The van der Waals surface area contributed by atoms with Crippen molar-refractivity contribution in [2.75, 3.05) is 26.2 Å². The van der Waals surface area contributed by atoms with Crippen LogP contribution in [-0.4, -0.2) is 65.5 Å². The van der Waals surface area contributed by atoms with Crippen LogP contribution in [0.3, 0.4) is 0 Å². The largest absolute Gasteiger partial charge is 0.352 e. The van der Waals surface area contributed by atoms with Gasteiger partial charge in [-0.2, -0.15) is 0 Å². The first kappa shape index (κ1) is 19.7. The maximum absolute atomic E-state index is 14.0. The molecule has 4 aliphatic heterocycles. The molecule has 0 N–H and O–H groups in total. The molecule has 2 aromatic rings. The minimum absolute atomic E-state index is 0.0718. The van der Waals surface area contributed by atoms with Crippen LogP contribution in [0.5, 0.6) is 0 Å². The molecule has 0 amide bonds. The van der Waals surface area contributed by atoms with Crippen molar-refractivity contribution >= 4 is 17.5 Å². The van der Waals surface area contributed by atoms with E-state index in [0.717, 1.165) is 60.1 Å². The van der Waals surface area contributed by atoms with Crippen LogP contribution >= 0.6 is 0 Å². The number of hydrogen-bond acceptors (Lipinski definition) is 5. The Morgan fingerprint density at radius 3 is 1.66 bits per heavy atom. The molecule has 32 heavy (non-hydrogen) atoms. The van der Waals surface area contributed by atoms with Gasteiger partial charge in [-0.3, -0.25) is 14.8 Å². The normalized spacial score (nSPS) is 24.6. The summed E-state index contributed by atoms with van der Waals surface area (Å²) in [6, 6.07) is 17.1. The third kappa shape index (κ3) is 3.26. The highest BCUT2D eigenvalue weighted by Gasteiger charge is 2.34. The van der Waals surface area contributed by atoms with Gasteiger partial charge in [-0.25, -0.2) is 0 Å². The summed E-state index contributed by atoms with van der Waals surface area (Å²) >= 11 is 0. The van der Waals surface area contributed by atoms with Crippen LogP contribution in [0.4, 0.5) is 0 Å². The number of carbonyl (C=O) groups is 1. The lowest BCUT2D eigenvalue weighted by Crippen LogP contribution is -2.41. The monoisotopic (exact) mass is 426 g/mol. The van der Waals surface area contributed by atoms with Gasteiger partial charge in [0.25, 0.3) is 0 Å². The van der Waals surface area contributed by atoms with Crippen molar-refractivity contribution in [2.45, 2.75) is 50.6 Å². The Hall–Kier alpha value is -2.95. The summed E-state index contributed by atoms with van der Waals surface area (Å²) < 4.78 is 0. The lowest BCUT2D eigenvalue weighted by atomic mass is 9.92. The number of fused-ring (bicyclic) bond motifs is 2. The van der Waals surface area contributed by atoms with E-state index in [1.54, 1.807) is 0 Å². The fourth-order valence-electron chi connectivity index (χ4n) is 5.88. The van der Waals surface area contributed by atoms with Gasteiger partial charge in [0.15, 0.2) is 5.78 Å². The van der Waals surface area contributed by atoms with Crippen molar-refractivity contribution < 1.29 is 4.79 Å². The van der Waals surface area contributed by atoms with Gasteiger partial charge in [0.2, 0.25) is 0 Å². The van der Waals surface area contributed by atoms with Crippen LogP contribution in [-0.2, 0) is 0 Å². The fraction of sp³-hybridized carbons (Fsp3) is 0.444. The van der Waals surface area contributed by atoms with E-state index in [1.165, 1.54) is 38.5 Å². The number of aliphatic imine (C=N–C) groups is 2. The molecule has 164 valence electrons. The van der Waals surface area contributed by atoms with E-state index in [0.29, 0.717) is 12.1 Å². The highest BCUT2D eigenvalue weighted by molar-refractivity contribution is 6.20. The molecule has 5 nitrogen and oxygen atoms in total. The number of benzene rings is 2. The van der Waals surface area contributed by atoms with Gasteiger partial charge in [-0.15, -0.1) is 0 Å². The summed E-state index contributed by atoms with van der Waals surface area (Å²) in [4.78, 5) is 28.6. The van der Waals surface area contributed by atoms with Crippen LogP contribution in [0.2, 0.25) is 0 Å². The number of amidine groups is 2. The topological polar surface area (TPSA) is 48.3 Å². The van der Waals surface area contributed by atoms with Gasteiger partial charge < -0.3 is 9.80 Å². The van der Waals surface area contributed by atoms with Gasteiger partial charge in [-0.1, -0.05) is 48.5 Å². The number of hydrogen-bond donors (Lipinski definition) is 0. The Morgan fingerprint density at radius 2 is 1.16 bits per heavy atom. The molecular formula is C27H30N4O. The maximum atomic E-state index is 14.0. The van der Waals surface area contributed by atoms with E-state index in [2.05, 4.69) is 21.9 Å². The molecule has 0 aliphatic carbocycles. The van der Waals surface area contributed by atoms with Crippen LogP contribution < -0.4 is 0 Å². The Balaban J connectivity index is 1.37. The summed E-state index contributed by atoms with van der Waals surface area (Å²) in [5, 5.41) is 0. The molecule has 2 atom stereocenters. The second-order valence-corrected chi connectivity index (χ2v) is 9.43. The van der Waals surface area contributed by atoms with Crippen LogP contribution in [0.15, 0.2) is 58.5 Å². The quantitative estimate of drug-likeness (QED) is 0.690.